The molecule has 0 radical (unpaired) electrons. The van der Waals surface area contributed by atoms with Gasteiger partial charge in [-0.3, -0.25) is 9.48 Å². The van der Waals surface area contributed by atoms with E-state index in [2.05, 4.69) is 15.4 Å². The van der Waals surface area contributed by atoms with Crippen molar-refractivity contribution in [3.8, 4) is 17.3 Å². The minimum absolute atomic E-state index is 0.169. The smallest absolute Gasteiger partial charge is 0.271 e. The van der Waals surface area contributed by atoms with Gasteiger partial charge in [0.1, 0.15) is 11.8 Å². The number of amides is 1. The van der Waals surface area contributed by atoms with Crippen LogP contribution < -0.4 is 5.32 Å². The van der Waals surface area contributed by atoms with E-state index in [1.165, 1.54) is 0 Å². The van der Waals surface area contributed by atoms with E-state index in [4.69, 9.17) is 16.9 Å². The molecule has 3 aromatic rings. The monoisotopic (exact) mass is 426 g/mol. The first-order chi connectivity index (χ1) is 14.4. The molecule has 0 aliphatic rings. The van der Waals surface area contributed by atoms with Crippen molar-refractivity contribution < 1.29 is 9.90 Å². The summed E-state index contributed by atoms with van der Waals surface area (Å²) in [5.74, 6) is -0.260. The Labute approximate surface area is 179 Å². The van der Waals surface area contributed by atoms with Crippen molar-refractivity contribution in [3.05, 3.63) is 59.3 Å². The SMILES string of the molecule is CC(O)CCn1cnc(C(=O)N[C@@H](C)Cn2ccc(-c3ccc(C#N)c(Cl)c3)n2)c1. The van der Waals surface area contributed by atoms with Crippen LogP contribution >= 0.6 is 11.6 Å². The molecule has 30 heavy (non-hydrogen) atoms. The minimum atomic E-state index is -0.399. The Kier molecular flexibility index (Phi) is 6.87. The number of aryl methyl sites for hydroxylation is 1. The molecule has 8 nitrogen and oxygen atoms in total. The number of rotatable bonds is 8. The zero-order valence-electron chi connectivity index (χ0n) is 16.8. The first-order valence-electron chi connectivity index (χ1n) is 9.60. The summed E-state index contributed by atoms with van der Waals surface area (Å²) in [4.78, 5) is 16.5. The van der Waals surface area contributed by atoms with Crippen LogP contribution in [0.5, 0.6) is 0 Å². The third-order valence-corrected chi connectivity index (χ3v) is 4.85. The van der Waals surface area contributed by atoms with Crippen LogP contribution in [0.15, 0.2) is 43.0 Å². The van der Waals surface area contributed by atoms with Crippen molar-refractivity contribution in [1.82, 2.24) is 24.6 Å². The van der Waals surface area contributed by atoms with Gasteiger partial charge in [-0.1, -0.05) is 17.7 Å². The molecule has 0 aliphatic carbocycles. The number of imidazole rings is 1. The predicted octanol–water partition coefficient (Wildman–Crippen LogP) is 2.86. The van der Waals surface area contributed by atoms with Crippen LogP contribution in [0.1, 0.15) is 36.3 Å². The highest BCUT2D eigenvalue weighted by atomic mass is 35.5. The summed E-state index contributed by atoms with van der Waals surface area (Å²) in [6.45, 7) is 4.70. The summed E-state index contributed by atoms with van der Waals surface area (Å²) in [6, 6.07) is 8.91. The molecule has 0 saturated heterocycles. The van der Waals surface area contributed by atoms with Gasteiger partial charge in [-0.2, -0.15) is 10.4 Å². The fraction of sp³-hybridized carbons (Fsp3) is 0.333. The van der Waals surface area contributed by atoms with Crippen molar-refractivity contribution in [3.63, 3.8) is 0 Å². The Bertz CT molecular complexity index is 1070. The second kappa shape index (κ2) is 9.57. The number of nitrogens with one attached hydrogen (secondary N) is 1. The average molecular weight is 427 g/mol. The number of aromatic nitrogens is 4. The molecule has 1 unspecified atom stereocenters. The molecule has 3 rings (SSSR count). The molecule has 0 fully saturated rings. The number of carbonyl (C=O) groups is 1. The minimum Gasteiger partial charge on any atom is -0.393 e. The quantitative estimate of drug-likeness (QED) is 0.575. The highest BCUT2D eigenvalue weighted by Crippen LogP contribution is 2.24. The Morgan fingerprint density at radius 2 is 2.17 bits per heavy atom. The summed E-state index contributed by atoms with van der Waals surface area (Å²) < 4.78 is 3.53. The van der Waals surface area contributed by atoms with Crippen LogP contribution in [0.2, 0.25) is 5.02 Å². The molecule has 0 saturated carbocycles. The normalized spacial score (nSPS) is 12.9. The van der Waals surface area contributed by atoms with Gasteiger partial charge in [0, 0.05) is 30.5 Å². The lowest BCUT2D eigenvalue weighted by Crippen LogP contribution is -2.36. The summed E-state index contributed by atoms with van der Waals surface area (Å²) in [6.07, 6.45) is 5.29. The van der Waals surface area contributed by atoms with Gasteiger partial charge in [0.25, 0.3) is 5.91 Å². The summed E-state index contributed by atoms with van der Waals surface area (Å²) in [5, 5.41) is 26.2. The molecule has 0 bridgehead atoms. The van der Waals surface area contributed by atoms with E-state index in [-0.39, 0.29) is 11.9 Å². The van der Waals surface area contributed by atoms with Crippen molar-refractivity contribution in [2.24, 2.45) is 0 Å². The number of hydrogen-bond donors (Lipinski definition) is 2. The Morgan fingerprint density at radius 1 is 1.37 bits per heavy atom. The second-order valence-electron chi connectivity index (χ2n) is 7.24. The third kappa shape index (κ3) is 5.47. The van der Waals surface area contributed by atoms with Gasteiger partial charge in [-0.15, -0.1) is 0 Å². The van der Waals surface area contributed by atoms with Crippen molar-refractivity contribution in [1.29, 1.82) is 5.26 Å². The van der Waals surface area contributed by atoms with Gasteiger partial charge < -0.3 is 15.0 Å². The van der Waals surface area contributed by atoms with Crippen molar-refractivity contribution >= 4 is 17.5 Å². The van der Waals surface area contributed by atoms with Gasteiger partial charge >= 0.3 is 0 Å². The van der Waals surface area contributed by atoms with E-state index in [1.54, 1.807) is 46.9 Å². The number of aliphatic hydroxyl groups excluding tert-OH is 1. The lowest BCUT2D eigenvalue weighted by atomic mass is 10.1. The van der Waals surface area contributed by atoms with E-state index in [9.17, 15) is 9.90 Å². The number of halogens is 1. The zero-order chi connectivity index (χ0) is 21.7. The highest BCUT2D eigenvalue weighted by Gasteiger charge is 2.14. The van der Waals surface area contributed by atoms with Crippen LogP contribution in [0, 0.1) is 11.3 Å². The lowest BCUT2D eigenvalue weighted by Gasteiger charge is -2.13. The number of nitriles is 1. The predicted molar refractivity (Wildman–Crippen MR) is 113 cm³/mol. The highest BCUT2D eigenvalue weighted by molar-refractivity contribution is 6.32. The molecule has 2 N–H and O–H groups in total. The van der Waals surface area contributed by atoms with Crippen LogP contribution in [0.4, 0.5) is 0 Å². The maximum Gasteiger partial charge on any atom is 0.271 e. The largest absolute Gasteiger partial charge is 0.393 e. The number of benzene rings is 1. The van der Waals surface area contributed by atoms with Gasteiger partial charge in [0.15, 0.2) is 0 Å². The molecule has 0 spiro atoms. The Balaban J connectivity index is 1.58. The molecule has 1 aromatic carbocycles. The number of nitrogens with zero attached hydrogens (tertiary/aromatic N) is 5. The van der Waals surface area contributed by atoms with Gasteiger partial charge in [-0.05, 0) is 38.5 Å². The molecule has 156 valence electrons. The zero-order valence-corrected chi connectivity index (χ0v) is 17.5. The Hall–Kier alpha value is -3.15. The average Bonchev–Trinajstić information content (AvgIpc) is 3.36. The second-order valence-corrected chi connectivity index (χ2v) is 7.65. The summed E-state index contributed by atoms with van der Waals surface area (Å²) >= 11 is 6.10. The Morgan fingerprint density at radius 3 is 2.87 bits per heavy atom. The molecular formula is C21H23ClN6O2. The van der Waals surface area contributed by atoms with Crippen LogP contribution in [0.25, 0.3) is 11.3 Å². The fourth-order valence-electron chi connectivity index (χ4n) is 2.94. The first-order valence-corrected chi connectivity index (χ1v) is 9.97. The number of aliphatic hydroxyl groups is 1. The molecule has 1 amide bonds. The van der Waals surface area contributed by atoms with Gasteiger partial charge in [0.05, 0.1) is 35.3 Å². The fourth-order valence-corrected chi connectivity index (χ4v) is 3.16. The summed E-state index contributed by atoms with van der Waals surface area (Å²) in [7, 11) is 0. The summed E-state index contributed by atoms with van der Waals surface area (Å²) in [5.41, 5.74) is 2.30. The lowest BCUT2D eigenvalue weighted by molar-refractivity contribution is 0.0931. The first kappa shape index (κ1) is 21.6. The van der Waals surface area contributed by atoms with Crippen molar-refractivity contribution in [2.45, 2.75) is 45.5 Å². The number of carbonyl (C=O) groups excluding carboxylic acids is 1. The molecule has 2 atom stereocenters. The molecule has 2 aromatic heterocycles. The van der Waals surface area contributed by atoms with E-state index in [0.29, 0.717) is 35.8 Å². The van der Waals surface area contributed by atoms with Crippen molar-refractivity contribution in [2.75, 3.05) is 0 Å². The van der Waals surface area contributed by atoms with E-state index in [0.717, 1.165) is 11.3 Å². The van der Waals surface area contributed by atoms with E-state index < -0.39 is 6.10 Å². The molecule has 2 heterocycles. The standard InChI is InChI=1S/C21H23ClN6O2/c1-14(25-21(30)20-12-27(13-24-20)7-5-15(2)29)11-28-8-6-19(26-28)16-3-4-17(10-23)18(22)9-16/h3-4,6,8-9,12-15,29H,5,7,11H2,1-2H3,(H,25,30)/t14-,15?/m0/s1. The molecule has 9 heteroatoms. The van der Waals surface area contributed by atoms with E-state index >= 15 is 0 Å². The topological polar surface area (TPSA) is 109 Å². The van der Waals surface area contributed by atoms with Gasteiger partial charge in [-0.25, -0.2) is 4.98 Å². The molecular weight excluding hydrogens is 404 g/mol. The van der Waals surface area contributed by atoms with Crippen LogP contribution in [-0.4, -0.2) is 42.5 Å². The maximum absolute atomic E-state index is 12.4. The number of hydrogen-bond acceptors (Lipinski definition) is 5. The van der Waals surface area contributed by atoms with Gasteiger partial charge in [0.2, 0.25) is 0 Å². The maximum atomic E-state index is 12.4. The van der Waals surface area contributed by atoms with E-state index in [1.807, 2.05) is 25.3 Å². The molecule has 0 aliphatic heterocycles. The van der Waals surface area contributed by atoms with Crippen LogP contribution in [0.3, 0.4) is 0 Å². The third-order valence-electron chi connectivity index (χ3n) is 4.54. The van der Waals surface area contributed by atoms with Crippen LogP contribution in [-0.2, 0) is 13.1 Å².